The summed E-state index contributed by atoms with van der Waals surface area (Å²) in [6, 6.07) is 1.93. The van der Waals surface area contributed by atoms with Crippen molar-refractivity contribution in [1.29, 1.82) is 0 Å². The second kappa shape index (κ2) is 8.42. The summed E-state index contributed by atoms with van der Waals surface area (Å²) < 4.78 is 14.2. The van der Waals surface area contributed by atoms with Crippen molar-refractivity contribution in [3.63, 3.8) is 0 Å². The number of unbranched alkanes of at least 4 members (excludes halogenated alkanes) is 1. The largest absolute Gasteiger partial charge is 0.365 e. The molecule has 4 N–H and O–H groups in total. The van der Waals surface area contributed by atoms with E-state index in [0.717, 1.165) is 36.6 Å². The highest BCUT2D eigenvalue weighted by Crippen LogP contribution is 2.28. The standard InChI is InChI=1S/C18H22ClFN6/c1-2-12(5-3-4-6-21)25-18-15(20)10-24-17(26-18)14-9-23-16-13(14)7-11(19)8-22-16/h7-10,12H,2-6,21H2,1H3,(H,22,23)(H,24,25,26). The first kappa shape index (κ1) is 18.5. The first-order valence-electron chi connectivity index (χ1n) is 8.74. The molecule has 138 valence electrons. The predicted molar refractivity (Wildman–Crippen MR) is 103 cm³/mol. The molecule has 0 fully saturated rings. The number of pyridine rings is 1. The first-order chi connectivity index (χ1) is 12.6. The molecule has 0 aliphatic rings. The number of nitrogens with zero attached hydrogens (tertiary/aromatic N) is 3. The summed E-state index contributed by atoms with van der Waals surface area (Å²) >= 11 is 6.04. The summed E-state index contributed by atoms with van der Waals surface area (Å²) in [6.45, 7) is 2.73. The highest BCUT2D eigenvalue weighted by atomic mass is 35.5. The highest BCUT2D eigenvalue weighted by Gasteiger charge is 2.15. The number of aromatic amines is 1. The van der Waals surface area contributed by atoms with E-state index in [1.807, 2.05) is 0 Å². The van der Waals surface area contributed by atoms with Gasteiger partial charge in [0.25, 0.3) is 0 Å². The molecule has 6 nitrogen and oxygen atoms in total. The molecule has 3 aromatic heterocycles. The molecule has 0 saturated heterocycles. The number of halogens is 2. The van der Waals surface area contributed by atoms with Crippen LogP contribution in [0.15, 0.2) is 24.7 Å². The fraction of sp³-hybridized carbons (Fsp3) is 0.389. The Morgan fingerprint density at radius 3 is 2.92 bits per heavy atom. The van der Waals surface area contributed by atoms with E-state index in [-0.39, 0.29) is 11.9 Å². The third-order valence-corrected chi connectivity index (χ3v) is 4.53. The number of fused-ring (bicyclic) bond motifs is 1. The zero-order valence-corrected chi connectivity index (χ0v) is 15.4. The van der Waals surface area contributed by atoms with Crippen LogP contribution in [0.5, 0.6) is 0 Å². The minimum absolute atomic E-state index is 0.137. The third kappa shape index (κ3) is 4.11. The molecule has 0 aromatic carbocycles. The number of hydrogen-bond acceptors (Lipinski definition) is 5. The second-order valence-corrected chi connectivity index (χ2v) is 6.61. The average molecular weight is 377 g/mol. The summed E-state index contributed by atoms with van der Waals surface area (Å²) in [7, 11) is 0. The average Bonchev–Trinajstić information content (AvgIpc) is 3.05. The minimum Gasteiger partial charge on any atom is -0.365 e. The zero-order valence-electron chi connectivity index (χ0n) is 14.6. The van der Waals surface area contributed by atoms with E-state index >= 15 is 0 Å². The molecular weight excluding hydrogens is 355 g/mol. The molecular formula is C18H22ClFN6. The Morgan fingerprint density at radius 1 is 1.31 bits per heavy atom. The number of rotatable bonds is 8. The summed E-state index contributed by atoms with van der Waals surface area (Å²) in [5, 5.41) is 4.51. The van der Waals surface area contributed by atoms with Crippen LogP contribution in [-0.2, 0) is 0 Å². The predicted octanol–water partition coefficient (Wildman–Crippen LogP) is 4.13. The van der Waals surface area contributed by atoms with E-state index in [1.165, 1.54) is 6.20 Å². The maximum atomic E-state index is 14.2. The molecule has 0 bridgehead atoms. The van der Waals surface area contributed by atoms with Crippen LogP contribution < -0.4 is 11.1 Å². The Morgan fingerprint density at radius 2 is 2.15 bits per heavy atom. The summed E-state index contributed by atoms with van der Waals surface area (Å²) in [6.07, 6.45) is 8.25. The molecule has 3 rings (SSSR count). The van der Waals surface area contributed by atoms with Gasteiger partial charge in [0.2, 0.25) is 0 Å². The lowest BCUT2D eigenvalue weighted by Gasteiger charge is -2.18. The van der Waals surface area contributed by atoms with Crippen LogP contribution >= 0.6 is 11.6 Å². The number of hydrogen-bond donors (Lipinski definition) is 3. The topological polar surface area (TPSA) is 92.5 Å². The van der Waals surface area contributed by atoms with Crippen molar-refractivity contribution < 1.29 is 4.39 Å². The number of aromatic nitrogens is 4. The smallest absolute Gasteiger partial charge is 0.183 e. The van der Waals surface area contributed by atoms with E-state index in [9.17, 15) is 4.39 Å². The number of H-pyrrole nitrogens is 1. The van der Waals surface area contributed by atoms with E-state index in [4.69, 9.17) is 17.3 Å². The summed E-state index contributed by atoms with van der Waals surface area (Å²) in [5.74, 6) is 0.155. The Kier molecular flexibility index (Phi) is 6.00. The molecule has 0 amide bonds. The second-order valence-electron chi connectivity index (χ2n) is 6.18. The minimum atomic E-state index is -0.470. The summed E-state index contributed by atoms with van der Waals surface area (Å²) in [5.41, 5.74) is 6.96. The lowest BCUT2D eigenvalue weighted by molar-refractivity contribution is 0.567. The van der Waals surface area contributed by atoms with E-state index in [1.54, 1.807) is 18.5 Å². The maximum absolute atomic E-state index is 14.2. The fourth-order valence-corrected chi connectivity index (χ4v) is 3.03. The van der Waals surface area contributed by atoms with Crippen LogP contribution in [0, 0.1) is 5.82 Å². The number of nitrogens with two attached hydrogens (primary N) is 1. The van der Waals surface area contributed by atoms with Crippen LogP contribution in [-0.4, -0.2) is 32.5 Å². The van der Waals surface area contributed by atoms with Crippen LogP contribution in [0.2, 0.25) is 5.02 Å². The molecule has 1 atom stereocenters. The van der Waals surface area contributed by atoms with E-state index in [0.29, 0.717) is 23.0 Å². The zero-order chi connectivity index (χ0) is 18.5. The fourth-order valence-electron chi connectivity index (χ4n) is 2.87. The van der Waals surface area contributed by atoms with Gasteiger partial charge in [-0.3, -0.25) is 0 Å². The molecule has 0 spiro atoms. The van der Waals surface area contributed by atoms with Crippen LogP contribution in [0.1, 0.15) is 32.6 Å². The molecule has 0 aliphatic carbocycles. The van der Waals surface area contributed by atoms with Gasteiger partial charge in [-0.15, -0.1) is 0 Å². The Bertz CT molecular complexity index is 881. The lowest BCUT2D eigenvalue weighted by Crippen LogP contribution is -2.20. The number of nitrogens with one attached hydrogen (secondary N) is 2. The molecule has 26 heavy (non-hydrogen) atoms. The van der Waals surface area contributed by atoms with Gasteiger partial charge in [0.1, 0.15) is 5.65 Å². The van der Waals surface area contributed by atoms with Crippen molar-refractivity contribution in [1.82, 2.24) is 19.9 Å². The van der Waals surface area contributed by atoms with Crippen molar-refractivity contribution >= 4 is 28.5 Å². The van der Waals surface area contributed by atoms with Crippen molar-refractivity contribution in [2.75, 3.05) is 11.9 Å². The van der Waals surface area contributed by atoms with Gasteiger partial charge in [-0.1, -0.05) is 24.9 Å². The van der Waals surface area contributed by atoms with E-state index < -0.39 is 5.82 Å². The van der Waals surface area contributed by atoms with Gasteiger partial charge in [0.05, 0.1) is 11.2 Å². The van der Waals surface area contributed by atoms with Crippen molar-refractivity contribution in [3.8, 4) is 11.4 Å². The van der Waals surface area contributed by atoms with Crippen molar-refractivity contribution in [3.05, 3.63) is 35.5 Å². The quantitative estimate of drug-likeness (QED) is 0.514. The molecule has 0 radical (unpaired) electrons. The monoisotopic (exact) mass is 376 g/mol. The van der Waals surface area contributed by atoms with Crippen LogP contribution in [0.25, 0.3) is 22.4 Å². The first-order valence-corrected chi connectivity index (χ1v) is 9.12. The highest BCUT2D eigenvalue weighted by molar-refractivity contribution is 6.31. The number of anilines is 1. The van der Waals surface area contributed by atoms with Gasteiger partial charge in [-0.25, -0.2) is 19.3 Å². The molecule has 0 aliphatic heterocycles. The van der Waals surface area contributed by atoms with Crippen molar-refractivity contribution in [2.45, 2.75) is 38.6 Å². The molecule has 1 unspecified atom stereocenters. The summed E-state index contributed by atoms with van der Waals surface area (Å²) in [4.78, 5) is 15.8. The van der Waals surface area contributed by atoms with E-state index in [2.05, 4.69) is 32.2 Å². The van der Waals surface area contributed by atoms with Gasteiger partial charge >= 0.3 is 0 Å². The van der Waals surface area contributed by atoms with Gasteiger partial charge in [0, 0.05) is 29.4 Å². The van der Waals surface area contributed by atoms with Crippen molar-refractivity contribution in [2.24, 2.45) is 5.73 Å². The Hall–Kier alpha value is -2.25. The molecule has 3 aromatic rings. The van der Waals surface area contributed by atoms with Gasteiger partial charge < -0.3 is 16.0 Å². The van der Waals surface area contributed by atoms with Gasteiger partial charge in [0.15, 0.2) is 17.5 Å². The SMILES string of the molecule is CCC(CCCCN)Nc1nc(-c2c[nH]c3ncc(Cl)cc23)ncc1F. The molecule has 3 heterocycles. The van der Waals surface area contributed by atoms with Gasteiger partial charge in [-0.05, 0) is 31.9 Å². The van der Waals surface area contributed by atoms with Crippen LogP contribution in [0.3, 0.4) is 0 Å². The van der Waals surface area contributed by atoms with Gasteiger partial charge in [-0.2, -0.15) is 0 Å². The lowest BCUT2D eigenvalue weighted by atomic mass is 10.1. The Labute approximate surface area is 156 Å². The third-order valence-electron chi connectivity index (χ3n) is 4.32. The van der Waals surface area contributed by atoms with Crippen LogP contribution in [0.4, 0.5) is 10.2 Å². The normalized spacial score (nSPS) is 12.5. The molecule has 8 heteroatoms. The maximum Gasteiger partial charge on any atom is 0.183 e. The Balaban J connectivity index is 1.88. The molecule has 0 saturated carbocycles.